The summed E-state index contributed by atoms with van der Waals surface area (Å²) in [7, 11) is 0. The summed E-state index contributed by atoms with van der Waals surface area (Å²) in [4.78, 5) is 0. The first-order valence-electron chi connectivity index (χ1n) is 16.5. The number of unbranched alkanes of at least 4 members (excludes halogenated alkanes) is 9. The zero-order valence-corrected chi connectivity index (χ0v) is 25.7. The molecule has 0 aliphatic carbocycles. The lowest BCUT2D eigenvalue weighted by atomic mass is 9.89. The average molecular weight is 579 g/mol. The number of hydrogen-bond donors (Lipinski definition) is 0. The molecule has 0 bridgehead atoms. The second kappa shape index (κ2) is 16.9. The van der Waals surface area contributed by atoms with Crippen LogP contribution in [0.15, 0.2) is 54.6 Å². The lowest BCUT2D eigenvalue weighted by molar-refractivity contribution is -0.00217. The fourth-order valence-electron chi connectivity index (χ4n) is 6.22. The highest BCUT2D eigenvalue weighted by Gasteiger charge is 2.23. The Labute approximate surface area is 251 Å². The van der Waals surface area contributed by atoms with Crippen molar-refractivity contribution in [3.63, 3.8) is 0 Å². The van der Waals surface area contributed by atoms with E-state index in [1.807, 2.05) is 12.1 Å². The molecule has 1 heterocycles. The van der Waals surface area contributed by atoms with E-state index in [1.165, 1.54) is 51.4 Å². The molecule has 0 saturated carbocycles. The molecule has 228 valence electrons. The van der Waals surface area contributed by atoms with Crippen LogP contribution in [0.25, 0.3) is 22.3 Å². The summed E-state index contributed by atoms with van der Waals surface area (Å²) >= 11 is 0. The Bertz CT molecular complexity index is 1230. The third-order valence-electron chi connectivity index (χ3n) is 8.93. The molecule has 2 atom stereocenters. The molecule has 1 nitrogen and oxygen atoms in total. The third-order valence-corrected chi connectivity index (χ3v) is 8.93. The Kier molecular flexibility index (Phi) is 13.0. The van der Waals surface area contributed by atoms with Crippen molar-refractivity contribution in [1.82, 2.24) is 0 Å². The van der Waals surface area contributed by atoms with Gasteiger partial charge in [-0.05, 0) is 60.4 Å². The molecule has 0 spiro atoms. The molecule has 2 unspecified atom stereocenters. The van der Waals surface area contributed by atoms with E-state index in [0.29, 0.717) is 41.4 Å². The second-order valence-corrected chi connectivity index (χ2v) is 12.2. The van der Waals surface area contributed by atoms with Crippen LogP contribution in [0.4, 0.5) is 13.2 Å². The Balaban J connectivity index is 1.33. The van der Waals surface area contributed by atoms with E-state index in [4.69, 9.17) is 4.74 Å². The van der Waals surface area contributed by atoms with Gasteiger partial charge in [-0.1, -0.05) is 127 Å². The third kappa shape index (κ3) is 8.96. The van der Waals surface area contributed by atoms with Crippen molar-refractivity contribution < 1.29 is 17.9 Å². The summed E-state index contributed by atoms with van der Waals surface area (Å²) in [5.41, 5.74) is 3.45. The van der Waals surface area contributed by atoms with Crippen LogP contribution in [0.2, 0.25) is 0 Å². The van der Waals surface area contributed by atoms with E-state index < -0.39 is 11.6 Å². The number of halogens is 3. The molecule has 1 aliphatic rings. The van der Waals surface area contributed by atoms with Crippen LogP contribution in [0.3, 0.4) is 0 Å². The molecule has 0 N–H and O–H groups in total. The SMILES string of the molecule is CCCCCCCCc1ccc(-c2ccc(-c3ccc(C4CCC(CCCCCCC)OC4)cc3F)cc2)c(F)c1F. The molecule has 0 aromatic heterocycles. The van der Waals surface area contributed by atoms with Crippen LogP contribution in [0, 0.1) is 17.5 Å². The van der Waals surface area contributed by atoms with Gasteiger partial charge in [0.25, 0.3) is 0 Å². The van der Waals surface area contributed by atoms with Crippen molar-refractivity contribution in [2.45, 2.75) is 122 Å². The second-order valence-electron chi connectivity index (χ2n) is 12.2. The summed E-state index contributed by atoms with van der Waals surface area (Å²) in [6.45, 7) is 5.06. The van der Waals surface area contributed by atoms with Gasteiger partial charge < -0.3 is 4.74 Å². The Morgan fingerprint density at radius 3 is 1.90 bits per heavy atom. The molecule has 4 rings (SSSR count). The molecule has 1 saturated heterocycles. The number of rotatable bonds is 16. The van der Waals surface area contributed by atoms with Crippen LogP contribution >= 0.6 is 0 Å². The van der Waals surface area contributed by atoms with E-state index in [9.17, 15) is 4.39 Å². The van der Waals surface area contributed by atoms with Crippen LogP contribution in [-0.4, -0.2) is 12.7 Å². The highest BCUT2D eigenvalue weighted by Crippen LogP contribution is 2.34. The maximum Gasteiger partial charge on any atom is 0.166 e. The van der Waals surface area contributed by atoms with Crippen molar-refractivity contribution in [2.75, 3.05) is 6.61 Å². The topological polar surface area (TPSA) is 9.23 Å². The van der Waals surface area contributed by atoms with Crippen LogP contribution < -0.4 is 0 Å². The minimum Gasteiger partial charge on any atom is -0.378 e. The van der Waals surface area contributed by atoms with Crippen LogP contribution in [0.5, 0.6) is 0 Å². The van der Waals surface area contributed by atoms with Crippen molar-refractivity contribution in [2.24, 2.45) is 0 Å². The van der Waals surface area contributed by atoms with Gasteiger partial charge in [-0.25, -0.2) is 13.2 Å². The van der Waals surface area contributed by atoms with E-state index in [2.05, 4.69) is 13.8 Å². The lowest BCUT2D eigenvalue weighted by Crippen LogP contribution is -2.24. The quantitative estimate of drug-likeness (QED) is 0.154. The summed E-state index contributed by atoms with van der Waals surface area (Å²) in [6.07, 6.45) is 17.1. The van der Waals surface area contributed by atoms with Gasteiger partial charge in [0, 0.05) is 17.0 Å². The molecular weight excluding hydrogens is 529 g/mol. The largest absolute Gasteiger partial charge is 0.378 e. The maximum atomic E-state index is 15.3. The molecule has 3 aromatic carbocycles. The summed E-state index contributed by atoms with van der Waals surface area (Å²) in [6, 6.07) is 15.9. The monoisotopic (exact) mass is 578 g/mol. The zero-order chi connectivity index (χ0) is 29.7. The van der Waals surface area contributed by atoms with E-state index >= 15 is 8.78 Å². The highest BCUT2D eigenvalue weighted by molar-refractivity contribution is 5.71. The molecule has 0 amide bonds. The van der Waals surface area contributed by atoms with Gasteiger partial charge in [0.1, 0.15) is 5.82 Å². The molecule has 42 heavy (non-hydrogen) atoms. The van der Waals surface area contributed by atoms with E-state index in [-0.39, 0.29) is 17.3 Å². The lowest BCUT2D eigenvalue weighted by Gasteiger charge is -2.29. The van der Waals surface area contributed by atoms with Crippen molar-refractivity contribution in [3.05, 3.63) is 83.2 Å². The molecule has 0 radical (unpaired) electrons. The standard InChI is InChI=1S/C38H49F3O/c1-3-5-7-9-11-12-14-30-21-25-35(38(41)37(30)40)29-18-16-28(17-19-29)34-24-22-31(26-36(34)39)32-20-23-33(42-27-32)15-13-10-8-6-4-2/h16-19,21-22,24-26,32-33H,3-15,20,23,27H2,1-2H3. The summed E-state index contributed by atoms with van der Waals surface area (Å²) in [5.74, 6) is -1.62. The van der Waals surface area contributed by atoms with Crippen molar-refractivity contribution in [1.29, 1.82) is 0 Å². The number of benzene rings is 3. The maximum absolute atomic E-state index is 15.3. The van der Waals surface area contributed by atoms with E-state index in [1.54, 1.807) is 42.5 Å². The molecule has 4 heteroatoms. The summed E-state index contributed by atoms with van der Waals surface area (Å²) < 4.78 is 51.3. The van der Waals surface area contributed by atoms with E-state index in [0.717, 1.165) is 44.1 Å². The van der Waals surface area contributed by atoms with Gasteiger partial charge in [-0.15, -0.1) is 0 Å². The van der Waals surface area contributed by atoms with Gasteiger partial charge in [0.15, 0.2) is 11.6 Å². The first kappa shape index (κ1) is 32.3. The fraction of sp³-hybridized carbons (Fsp3) is 0.526. The van der Waals surface area contributed by atoms with Gasteiger partial charge in [-0.2, -0.15) is 0 Å². The Morgan fingerprint density at radius 1 is 0.643 bits per heavy atom. The molecule has 1 fully saturated rings. The number of hydrogen-bond acceptors (Lipinski definition) is 1. The molecule has 3 aromatic rings. The zero-order valence-electron chi connectivity index (χ0n) is 25.7. The predicted molar refractivity (Wildman–Crippen MR) is 169 cm³/mol. The molecular formula is C38H49F3O. The number of ether oxygens (including phenoxy) is 1. The van der Waals surface area contributed by atoms with Gasteiger partial charge in [0.05, 0.1) is 12.7 Å². The van der Waals surface area contributed by atoms with Crippen LogP contribution in [-0.2, 0) is 11.2 Å². The molecule has 1 aliphatic heterocycles. The Morgan fingerprint density at radius 2 is 1.26 bits per heavy atom. The number of aryl methyl sites for hydroxylation is 1. The van der Waals surface area contributed by atoms with Gasteiger partial charge in [0.2, 0.25) is 0 Å². The van der Waals surface area contributed by atoms with Gasteiger partial charge in [-0.3, -0.25) is 0 Å². The van der Waals surface area contributed by atoms with Crippen LogP contribution in [0.1, 0.15) is 121 Å². The predicted octanol–water partition coefficient (Wildman–Crippen LogP) is 12.0. The van der Waals surface area contributed by atoms with Crippen molar-refractivity contribution in [3.8, 4) is 22.3 Å². The normalized spacial score (nSPS) is 17.1. The smallest absolute Gasteiger partial charge is 0.166 e. The van der Waals surface area contributed by atoms with Gasteiger partial charge >= 0.3 is 0 Å². The minimum atomic E-state index is -0.810. The fourth-order valence-corrected chi connectivity index (χ4v) is 6.22. The Hall–Kier alpha value is -2.59. The highest BCUT2D eigenvalue weighted by atomic mass is 19.2. The minimum absolute atomic E-state index is 0.217. The average Bonchev–Trinajstić information content (AvgIpc) is 3.01. The van der Waals surface area contributed by atoms with Crippen molar-refractivity contribution >= 4 is 0 Å². The first-order valence-corrected chi connectivity index (χ1v) is 16.5. The first-order chi connectivity index (χ1) is 20.5. The summed E-state index contributed by atoms with van der Waals surface area (Å²) in [5, 5.41) is 0.